The molecule has 1 atom stereocenters. The fourth-order valence-corrected chi connectivity index (χ4v) is 3.65. The van der Waals surface area contributed by atoms with Crippen molar-refractivity contribution >= 4 is 28.3 Å². The predicted octanol–water partition coefficient (Wildman–Crippen LogP) is 4.44. The number of hydrogen-bond acceptors (Lipinski definition) is 7. The number of aromatic nitrogens is 2. The molecule has 0 radical (unpaired) electrons. The van der Waals surface area contributed by atoms with Gasteiger partial charge in [-0.1, -0.05) is 26.7 Å². The summed E-state index contributed by atoms with van der Waals surface area (Å²) in [5.74, 6) is 2.45. The molecule has 0 spiro atoms. The maximum absolute atomic E-state index is 13.8. The van der Waals surface area contributed by atoms with Gasteiger partial charge in [0.2, 0.25) is 5.91 Å². The summed E-state index contributed by atoms with van der Waals surface area (Å²) in [6, 6.07) is 7.89. The Morgan fingerprint density at radius 2 is 2.03 bits per heavy atom. The molecule has 0 bridgehead atoms. The number of nitrogens with zero attached hydrogens (tertiary/aromatic N) is 2. The van der Waals surface area contributed by atoms with Crippen molar-refractivity contribution in [3.05, 3.63) is 48.0 Å². The van der Waals surface area contributed by atoms with Crippen molar-refractivity contribution in [1.29, 1.82) is 0 Å². The number of carbonyl (C=O) groups is 1. The fraction of sp³-hybridized carbons (Fsp3) is 0.320. The molecule has 2 aromatic carbocycles. The van der Waals surface area contributed by atoms with Crippen LogP contribution in [0.5, 0.6) is 11.5 Å². The highest BCUT2D eigenvalue weighted by molar-refractivity contribution is 5.93. The highest BCUT2D eigenvalue weighted by Crippen LogP contribution is 2.36. The molecule has 1 aromatic heterocycles. The van der Waals surface area contributed by atoms with E-state index in [1.165, 1.54) is 25.6 Å². The maximum atomic E-state index is 13.8. The summed E-state index contributed by atoms with van der Waals surface area (Å²) >= 11 is 0. The number of benzene rings is 2. The van der Waals surface area contributed by atoms with Crippen molar-refractivity contribution < 1.29 is 23.9 Å². The molecule has 3 N–H and O–H groups in total. The number of methoxy groups -OCH3 is 1. The van der Waals surface area contributed by atoms with Gasteiger partial charge in [-0.3, -0.25) is 10.0 Å². The van der Waals surface area contributed by atoms with Crippen molar-refractivity contribution in [3.63, 3.8) is 0 Å². The molecule has 0 saturated carbocycles. The van der Waals surface area contributed by atoms with Crippen LogP contribution in [0.2, 0.25) is 0 Å². The number of amides is 1. The molecular formula is C25H27FN4O4. The van der Waals surface area contributed by atoms with Gasteiger partial charge in [0.25, 0.3) is 0 Å². The number of carbonyl (C=O) groups excluding carboxylic acids is 1. The molecular weight excluding hydrogens is 439 g/mol. The van der Waals surface area contributed by atoms with E-state index in [0.29, 0.717) is 40.3 Å². The monoisotopic (exact) mass is 466 g/mol. The quantitative estimate of drug-likeness (QED) is 0.243. The lowest BCUT2D eigenvalue weighted by molar-refractivity contribution is -0.134. The van der Waals surface area contributed by atoms with E-state index in [0.717, 1.165) is 0 Å². The maximum Gasteiger partial charge on any atom is 0.246 e. The first-order valence-corrected chi connectivity index (χ1v) is 10.6. The smallest absolute Gasteiger partial charge is 0.246 e. The zero-order valence-corrected chi connectivity index (χ0v) is 19.5. The highest BCUT2D eigenvalue weighted by Gasteiger charge is 2.26. The van der Waals surface area contributed by atoms with Crippen LogP contribution in [0.15, 0.2) is 36.7 Å². The van der Waals surface area contributed by atoms with E-state index < -0.39 is 17.6 Å². The van der Waals surface area contributed by atoms with Gasteiger partial charge in [-0.25, -0.2) is 19.8 Å². The topological polar surface area (TPSA) is 106 Å². The number of hydroxylamine groups is 1. The molecule has 9 heteroatoms. The fourth-order valence-electron chi connectivity index (χ4n) is 3.65. The van der Waals surface area contributed by atoms with Gasteiger partial charge < -0.3 is 14.8 Å². The molecule has 178 valence electrons. The summed E-state index contributed by atoms with van der Waals surface area (Å²) in [4.78, 5) is 20.3. The third kappa shape index (κ3) is 5.71. The normalized spacial score (nSPS) is 12.0. The van der Waals surface area contributed by atoms with E-state index in [-0.39, 0.29) is 17.6 Å². The molecule has 3 rings (SSSR count). The molecule has 0 fully saturated rings. The Hall–Kier alpha value is -3.90. The van der Waals surface area contributed by atoms with Gasteiger partial charge in [0, 0.05) is 23.1 Å². The number of anilines is 2. The van der Waals surface area contributed by atoms with Crippen LogP contribution < -0.4 is 20.3 Å². The molecule has 1 heterocycles. The first kappa shape index (κ1) is 24.7. The average Bonchev–Trinajstić information content (AvgIpc) is 2.82. The Kier molecular flexibility index (Phi) is 7.54. The van der Waals surface area contributed by atoms with Gasteiger partial charge >= 0.3 is 0 Å². The largest absolute Gasteiger partial charge is 0.493 e. The molecule has 0 aliphatic rings. The Morgan fingerprint density at radius 1 is 1.26 bits per heavy atom. The van der Waals surface area contributed by atoms with Crippen LogP contribution in [0.25, 0.3) is 10.9 Å². The highest BCUT2D eigenvalue weighted by atomic mass is 19.1. The predicted molar refractivity (Wildman–Crippen MR) is 127 cm³/mol. The number of fused-ring (bicyclic) bond motifs is 1. The van der Waals surface area contributed by atoms with Crippen LogP contribution in [0.4, 0.5) is 15.9 Å². The second kappa shape index (κ2) is 10.4. The first-order chi connectivity index (χ1) is 16.2. The van der Waals surface area contributed by atoms with E-state index in [4.69, 9.17) is 21.1 Å². The lowest BCUT2D eigenvalue weighted by atomic mass is 9.84. The number of ether oxygens (including phenoxy) is 2. The molecule has 1 amide bonds. The standard InChI is InChI=1S/C25H27FN4O4/c1-6-16-9-17(7-8-19(16)26)29-23-18-10-22(21(33-5)11-20(18)27-14-28-23)34-13-25(3,4)12-15(2)24(31)30-32/h1,7-11,14-15,32H,12-13H2,2-5H3,(H,30,31)(H,27,28,29). The molecule has 3 aromatic rings. The number of halogens is 1. The van der Waals surface area contributed by atoms with Gasteiger partial charge in [0.15, 0.2) is 11.5 Å². The molecule has 0 aliphatic heterocycles. The minimum absolute atomic E-state index is 0.139. The van der Waals surface area contributed by atoms with Gasteiger partial charge in [0.1, 0.15) is 18.0 Å². The van der Waals surface area contributed by atoms with Crippen LogP contribution in [0.3, 0.4) is 0 Å². The SMILES string of the molecule is C#Cc1cc(Nc2ncnc3cc(OC)c(OCC(C)(C)CC(C)C(=O)NO)cc23)ccc1F. The van der Waals surface area contributed by atoms with Crippen LogP contribution in [-0.4, -0.2) is 34.8 Å². The van der Waals surface area contributed by atoms with Gasteiger partial charge in [-0.2, -0.15) is 0 Å². The zero-order chi connectivity index (χ0) is 24.9. The number of rotatable bonds is 9. The molecule has 0 aliphatic carbocycles. The summed E-state index contributed by atoms with van der Waals surface area (Å²) in [6.45, 7) is 5.96. The second-order valence-electron chi connectivity index (χ2n) is 8.74. The van der Waals surface area contributed by atoms with Crippen LogP contribution in [-0.2, 0) is 4.79 Å². The van der Waals surface area contributed by atoms with Crippen molar-refractivity contribution in [2.75, 3.05) is 19.0 Å². The number of terminal acetylenes is 1. The Balaban J connectivity index is 1.89. The summed E-state index contributed by atoms with van der Waals surface area (Å²) < 4.78 is 25.3. The lowest BCUT2D eigenvalue weighted by Crippen LogP contribution is -2.32. The van der Waals surface area contributed by atoms with E-state index >= 15 is 0 Å². The van der Waals surface area contributed by atoms with Crippen molar-refractivity contribution in [3.8, 4) is 23.8 Å². The van der Waals surface area contributed by atoms with Gasteiger partial charge in [0.05, 0.1) is 24.8 Å². The molecule has 8 nitrogen and oxygen atoms in total. The number of hydrogen-bond donors (Lipinski definition) is 3. The Bertz CT molecular complexity index is 1240. The van der Waals surface area contributed by atoms with E-state index in [1.807, 2.05) is 13.8 Å². The third-order valence-corrected chi connectivity index (χ3v) is 5.34. The van der Waals surface area contributed by atoms with E-state index in [9.17, 15) is 9.18 Å². The van der Waals surface area contributed by atoms with Gasteiger partial charge in [-0.05, 0) is 36.1 Å². The molecule has 0 saturated heterocycles. The van der Waals surface area contributed by atoms with Crippen molar-refractivity contribution in [2.24, 2.45) is 11.3 Å². The minimum atomic E-state index is -0.477. The summed E-state index contributed by atoms with van der Waals surface area (Å²) in [5, 5.41) is 12.7. The summed E-state index contributed by atoms with van der Waals surface area (Å²) in [7, 11) is 1.53. The average molecular weight is 467 g/mol. The zero-order valence-electron chi connectivity index (χ0n) is 19.5. The Labute approximate surface area is 197 Å². The number of nitrogens with one attached hydrogen (secondary N) is 2. The third-order valence-electron chi connectivity index (χ3n) is 5.34. The minimum Gasteiger partial charge on any atom is -0.493 e. The molecule has 1 unspecified atom stereocenters. The second-order valence-corrected chi connectivity index (χ2v) is 8.74. The first-order valence-electron chi connectivity index (χ1n) is 10.6. The lowest BCUT2D eigenvalue weighted by Gasteiger charge is -2.27. The van der Waals surface area contributed by atoms with Crippen LogP contribution in [0.1, 0.15) is 32.8 Å². The van der Waals surface area contributed by atoms with Crippen molar-refractivity contribution in [1.82, 2.24) is 15.4 Å². The molecule has 34 heavy (non-hydrogen) atoms. The van der Waals surface area contributed by atoms with Crippen LogP contribution in [0, 0.1) is 29.5 Å². The summed E-state index contributed by atoms with van der Waals surface area (Å²) in [6.07, 6.45) is 7.27. The van der Waals surface area contributed by atoms with Gasteiger partial charge in [-0.15, -0.1) is 6.42 Å². The van der Waals surface area contributed by atoms with Crippen molar-refractivity contribution in [2.45, 2.75) is 27.2 Å². The van der Waals surface area contributed by atoms with E-state index in [2.05, 4.69) is 21.2 Å². The summed E-state index contributed by atoms with van der Waals surface area (Å²) in [5.41, 5.74) is 2.64. The Morgan fingerprint density at radius 3 is 2.71 bits per heavy atom. The van der Waals surface area contributed by atoms with E-state index in [1.54, 1.807) is 30.6 Å². The van der Waals surface area contributed by atoms with Crippen LogP contribution >= 0.6 is 0 Å².